The van der Waals surface area contributed by atoms with Crippen LogP contribution in [-0.2, 0) is 0 Å². The van der Waals surface area contributed by atoms with Crippen LogP contribution in [0, 0.1) is 19.7 Å². The van der Waals surface area contributed by atoms with Gasteiger partial charge in [-0.3, -0.25) is 0 Å². The van der Waals surface area contributed by atoms with E-state index in [1.807, 2.05) is 20.8 Å². The summed E-state index contributed by atoms with van der Waals surface area (Å²) in [6.45, 7) is 6.54. The van der Waals surface area contributed by atoms with Gasteiger partial charge in [-0.1, -0.05) is 0 Å². The van der Waals surface area contributed by atoms with Gasteiger partial charge in [0.25, 0.3) is 0 Å². The van der Waals surface area contributed by atoms with Crippen molar-refractivity contribution in [3.05, 3.63) is 39.7 Å². The van der Waals surface area contributed by atoms with E-state index >= 15 is 0 Å². The first-order chi connectivity index (χ1) is 9.51. The van der Waals surface area contributed by atoms with Gasteiger partial charge in [0.05, 0.1) is 4.47 Å². The summed E-state index contributed by atoms with van der Waals surface area (Å²) in [6, 6.07) is 3.19. The molecule has 2 aromatic rings. The molecule has 0 atom stereocenters. The summed E-state index contributed by atoms with van der Waals surface area (Å²) in [5.41, 5.74) is 2.52. The van der Waals surface area contributed by atoms with Gasteiger partial charge in [0.15, 0.2) is 0 Å². The van der Waals surface area contributed by atoms with Crippen LogP contribution in [0.2, 0.25) is 0 Å². The second kappa shape index (κ2) is 6.17. The molecule has 1 aromatic heterocycles. The highest BCUT2D eigenvalue weighted by molar-refractivity contribution is 9.10. The number of hydrogen-bond acceptors (Lipinski definition) is 4. The summed E-state index contributed by atoms with van der Waals surface area (Å²) < 4.78 is 14.1. The maximum absolute atomic E-state index is 13.6. The predicted molar refractivity (Wildman–Crippen MR) is 83.1 cm³/mol. The van der Waals surface area contributed by atoms with Crippen LogP contribution in [0.4, 0.5) is 21.8 Å². The zero-order chi connectivity index (χ0) is 14.7. The molecule has 0 saturated heterocycles. The molecule has 0 aliphatic carbocycles. The van der Waals surface area contributed by atoms with E-state index in [0.29, 0.717) is 21.9 Å². The number of anilines is 3. The smallest absolute Gasteiger partial charge is 0.224 e. The zero-order valence-electron chi connectivity index (χ0n) is 11.6. The number of hydrogen-bond donors (Lipinski definition) is 2. The van der Waals surface area contributed by atoms with Gasteiger partial charge in [0, 0.05) is 24.0 Å². The summed E-state index contributed by atoms with van der Waals surface area (Å²) in [7, 11) is 0. The van der Waals surface area contributed by atoms with E-state index in [1.54, 1.807) is 12.3 Å². The molecule has 0 radical (unpaired) electrons. The van der Waals surface area contributed by atoms with E-state index in [4.69, 9.17) is 0 Å². The van der Waals surface area contributed by atoms with Gasteiger partial charge < -0.3 is 10.6 Å². The van der Waals surface area contributed by atoms with E-state index in [2.05, 4.69) is 36.5 Å². The lowest BCUT2D eigenvalue weighted by Crippen LogP contribution is -2.06. The Morgan fingerprint density at radius 1 is 1.25 bits per heavy atom. The van der Waals surface area contributed by atoms with Crippen molar-refractivity contribution < 1.29 is 4.39 Å². The minimum atomic E-state index is -0.309. The van der Waals surface area contributed by atoms with Crippen molar-refractivity contribution in [1.29, 1.82) is 0 Å². The molecule has 6 heteroatoms. The highest BCUT2D eigenvalue weighted by Crippen LogP contribution is 2.27. The molecule has 4 nitrogen and oxygen atoms in total. The number of aromatic nitrogens is 2. The molecular weight excluding hydrogens is 323 g/mol. The zero-order valence-corrected chi connectivity index (χ0v) is 13.2. The number of aryl methyl sites for hydroxylation is 2. The lowest BCUT2D eigenvalue weighted by molar-refractivity contribution is 0.621. The molecule has 0 spiro atoms. The van der Waals surface area contributed by atoms with Gasteiger partial charge >= 0.3 is 0 Å². The first kappa shape index (κ1) is 14.7. The third-order valence-electron chi connectivity index (χ3n) is 2.83. The van der Waals surface area contributed by atoms with Gasteiger partial charge in [-0.15, -0.1) is 0 Å². The Morgan fingerprint density at radius 2 is 2.00 bits per heavy atom. The fourth-order valence-corrected chi connectivity index (χ4v) is 2.18. The normalized spacial score (nSPS) is 10.4. The molecule has 2 rings (SSSR count). The van der Waals surface area contributed by atoms with Crippen LogP contribution >= 0.6 is 15.9 Å². The molecule has 1 heterocycles. The van der Waals surface area contributed by atoms with Crippen molar-refractivity contribution >= 4 is 33.4 Å². The Kier molecular flexibility index (Phi) is 4.54. The first-order valence-corrected chi connectivity index (χ1v) is 7.10. The minimum absolute atomic E-state index is 0.309. The van der Waals surface area contributed by atoms with Crippen LogP contribution in [-0.4, -0.2) is 16.5 Å². The second-order valence-electron chi connectivity index (χ2n) is 4.46. The molecule has 1 aromatic carbocycles. The molecule has 0 fully saturated rings. The SMILES string of the molecule is CCNc1ncc(C)c(Nc2cc(F)c(Br)cc2C)n1. The van der Waals surface area contributed by atoms with E-state index in [1.165, 1.54) is 6.07 Å². The van der Waals surface area contributed by atoms with Gasteiger partial charge in [0.1, 0.15) is 11.6 Å². The number of nitrogens with zero attached hydrogens (tertiary/aromatic N) is 2. The molecule has 0 saturated carbocycles. The Bertz CT molecular complexity index is 631. The van der Waals surface area contributed by atoms with Crippen LogP contribution in [0.15, 0.2) is 22.8 Å². The van der Waals surface area contributed by atoms with Gasteiger partial charge in [-0.25, -0.2) is 9.37 Å². The lowest BCUT2D eigenvalue weighted by Gasteiger charge is -2.13. The summed E-state index contributed by atoms with van der Waals surface area (Å²) in [6.07, 6.45) is 1.73. The Morgan fingerprint density at radius 3 is 2.70 bits per heavy atom. The summed E-state index contributed by atoms with van der Waals surface area (Å²) in [5.74, 6) is 0.910. The highest BCUT2D eigenvalue weighted by atomic mass is 79.9. The molecule has 20 heavy (non-hydrogen) atoms. The van der Waals surface area contributed by atoms with E-state index in [-0.39, 0.29) is 5.82 Å². The molecule has 0 aliphatic rings. The largest absolute Gasteiger partial charge is 0.354 e. The summed E-state index contributed by atoms with van der Waals surface area (Å²) >= 11 is 3.17. The summed E-state index contributed by atoms with van der Waals surface area (Å²) in [4.78, 5) is 8.56. The molecule has 0 unspecified atom stereocenters. The Balaban J connectivity index is 2.34. The van der Waals surface area contributed by atoms with E-state index < -0.39 is 0 Å². The quantitative estimate of drug-likeness (QED) is 0.878. The third-order valence-corrected chi connectivity index (χ3v) is 3.43. The van der Waals surface area contributed by atoms with Crippen LogP contribution in [0.3, 0.4) is 0 Å². The third kappa shape index (κ3) is 3.25. The molecule has 2 N–H and O–H groups in total. The van der Waals surface area contributed by atoms with Crippen LogP contribution < -0.4 is 10.6 Å². The molecule has 0 amide bonds. The second-order valence-corrected chi connectivity index (χ2v) is 5.32. The average Bonchev–Trinajstić information content (AvgIpc) is 2.40. The first-order valence-electron chi connectivity index (χ1n) is 6.31. The average molecular weight is 339 g/mol. The predicted octanol–water partition coefficient (Wildman–Crippen LogP) is 4.17. The lowest BCUT2D eigenvalue weighted by atomic mass is 10.2. The fraction of sp³-hybridized carbons (Fsp3) is 0.286. The van der Waals surface area contributed by atoms with Crippen LogP contribution in [0.25, 0.3) is 0 Å². The standard InChI is InChI=1S/C14H16BrFN4/c1-4-17-14-18-7-9(3)13(20-14)19-12-6-11(16)10(15)5-8(12)2/h5-7H,4H2,1-3H3,(H2,17,18,19,20). The maximum atomic E-state index is 13.6. The monoisotopic (exact) mass is 338 g/mol. The topological polar surface area (TPSA) is 49.8 Å². The summed E-state index contributed by atoms with van der Waals surface area (Å²) in [5, 5.41) is 6.21. The van der Waals surface area contributed by atoms with Crippen molar-refractivity contribution in [3.8, 4) is 0 Å². The number of benzene rings is 1. The van der Waals surface area contributed by atoms with Gasteiger partial charge in [-0.05, 0) is 54.4 Å². The number of nitrogens with one attached hydrogen (secondary N) is 2. The maximum Gasteiger partial charge on any atom is 0.224 e. The fourth-order valence-electron chi connectivity index (χ4n) is 1.72. The van der Waals surface area contributed by atoms with Crippen molar-refractivity contribution in [2.24, 2.45) is 0 Å². The van der Waals surface area contributed by atoms with Gasteiger partial charge in [0.2, 0.25) is 5.95 Å². The van der Waals surface area contributed by atoms with E-state index in [0.717, 1.165) is 17.7 Å². The van der Waals surface area contributed by atoms with Crippen LogP contribution in [0.1, 0.15) is 18.1 Å². The van der Waals surface area contributed by atoms with Crippen molar-refractivity contribution in [1.82, 2.24) is 9.97 Å². The number of rotatable bonds is 4. The Hall–Kier alpha value is -1.69. The van der Waals surface area contributed by atoms with Gasteiger partial charge in [-0.2, -0.15) is 4.98 Å². The van der Waals surface area contributed by atoms with E-state index in [9.17, 15) is 4.39 Å². The Labute approximate surface area is 126 Å². The molecule has 0 bridgehead atoms. The highest BCUT2D eigenvalue weighted by Gasteiger charge is 2.09. The van der Waals surface area contributed by atoms with Crippen LogP contribution in [0.5, 0.6) is 0 Å². The van der Waals surface area contributed by atoms with Crippen molar-refractivity contribution in [3.63, 3.8) is 0 Å². The number of halogens is 2. The minimum Gasteiger partial charge on any atom is -0.354 e. The van der Waals surface area contributed by atoms with Crippen molar-refractivity contribution in [2.75, 3.05) is 17.2 Å². The molecule has 0 aliphatic heterocycles. The van der Waals surface area contributed by atoms with Crippen molar-refractivity contribution in [2.45, 2.75) is 20.8 Å². The molecule has 106 valence electrons. The molecular formula is C14H16BrFN4.